The summed E-state index contributed by atoms with van der Waals surface area (Å²) in [7, 11) is 0. The van der Waals surface area contributed by atoms with Crippen molar-refractivity contribution in [2.24, 2.45) is 0 Å². The van der Waals surface area contributed by atoms with Crippen molar-refractivity contribution in [3.8, 4) is 0 Å². The summed E-state index contributed by atoms with van der Waals surface area (Å²) >= 11 is 0. The molecule has 1 fully saturated rings. The van der Waals surface area contributed by atoms with Crippen molar-refractivity contribution in [2.45, 2.75) is 51.6 Å². The Labute approximate surface area is 186 Å². The number of nitrogens with zero attached hydrogens (tertiary/aromatic N) is 4. The molecule has 0 unspecified atom stereocenters. The minimum atomic E-state index is -2.03. The number of carbonyl (C=O) groups excluding carboxylic acids is 2. The van der Waals surface area contributed by atoms with Crippen LogP contribution in [0.4, 0.5) is 10.3 Å². The highest BCUT2D eigenvalue weighted by Gasteiger charge is 2.51. The van der Waals surface area contributed by atoms with Crippen molar-refractivity contribution in [3.05, 3.63) is 52.6 Å². The molecule has 0 spiro atoms. The van der Waals surface area contributed by atoms with Gasteiger partial charge >= 0.3 is 17.6 Å². The Hall–Kier alpha value is -3.80. The first kappa shape index (κ1) is 22.4. The van der Waals surface area contributed by atoms with E-state index in [1.807, 2.05) is 30.3 Å². The molecular formula is C21H22FN5O6. The van der Waals surface area contributed by atoms with Gasteiger partial charge in [0.1, 0.15) is 5.52 Å². The number of esters is 2. The number of nitrogen functional groups attached to an aromatic ring is 1. The third-order valence-corrected chi connectivity index (χ3v) is 5.13. The molecule has 12 heteroatoms. The van der Waals surface area contributed by atoms with Crippen molar-refractivity contribution in [3.63, 3.8) is 0 Å². The van der Waals surface area contributed by atoms with E-state index >= 15 is 4.39 Å². The third-order valence-electron chi connectivity index (χ3n) is 5.13. The van der Waals surface area contributed by atoms with Crippen molar-refractivity contribution in [1.29, 1.82) is 0 Å². The van der Waals surface area contributed by atoms with E-state index < -0.39 is 42.4 Å². The van der Waals surface area contributed by atoms with Crippen molar-refractivity contribution < 1.29 is 28.2 Å². The molecule has 3 heterocycles. The number of rotatable bonds is 6. The molecular weight excluding hydrogens is 437 g/mol. The summed E-state index contributed by atoms with van der Waals surface area (Å²) < 4.78 is 33.3. The molecule has 4 atom stereocenters. The summed E-state index contributed by atoms with van der Waals surface area (Å²) in [6.07, 6.45) is -5.38. The normalized spacial score (nSPS) is 22.4. The second-order valence-corrected chi connectivity index (χ2v) is 7.42. The SMILES string of the molecule is CCC(=O)O[C@H]1O[C@@H](n2c(=O)n(Cc3ccccc3)c3cnc(N)nc32)[C@H](OC(C)=O)[C@H]1F. The monoisotopic (exact) mass is 459 g/mol. The quantitative estimate of drug-likeness (QED) is 0.540. The number of imidazole rings is 1. The maximum absolute atomic E-state index is 15.2. The van der Waals surface area contributed by atoms with Crippen LogP contribution in [-0.4, -0.2) is 49.6 Å². The number of fused-ring (bicyclic) bond motifs is 1. The molecule has 2 aromatic heterocycles. The predicted molar refractivity (Wildman–Crippen MR) is 112 cm³/mol. The standard InChI is InChI=1S/C21H22FN5O6/c1-3-14(29)32-19-15(22)16(31-11(2)28)18(33-19)27-17-13(9-24-20(23)25-17)26(21(27)30)10-12-7-5-4-6-8-12/h4-9,15-16,18-19H,3,10H2,1-2H3,(H2,23,24,25)/t15-,16-,18-,19+/m1/s1. The molecule has 11 nitrogen and oxygen atoms in total. The molecule has 2 N–H and O–H groups in total. The Kier molecular flexibility index (Phi) is 6.09. The second-order valence-electron chi connectivity index (χ2n) is 7.42. The topological polar surface area (TPSA) is 141 Å². The number of halogens is 1. The number of carbonyl (C=O) groups is 2. The van der Waals surface area contributed by atoms with Gasteiger partial charge in [-0.05, 0) is 5.56 Å². The van der Waals surface area contributed by atoms with Crippen LogP contribution in [0.3, 0.4) is 0 Å². The summed E-state index contributed by atoms with van der Waals surface area (Å²) in [4.78, 5) is 45.0. The van der Waals surface area contributed by atoms with Crippen molar-refractivity contribution >= 4 is 29.1 Å². The van der Waals surface area contributed by atoms with Crippen LogP contribution in [0.1, 0.15) is 32.1 Å². The van der Waals surface area contributed by atoms with E-state index in [2.05, 4.69) is 9.97 Å². The minimum absolute atomic E-state index is 0.0183. The van der Waals surface area contributed by atoms with Crippen LogP contribution >= 0.6 is 0 Å². The number of hydrogen-bond donors (Lipinski definition) is 1. The van der Waals surface area contributed by atoms with Gasteiger partial charge in [0.15, 0.2) is 18.0 Å². The van der Waals surface area contributed by atoms with Gasteiger partial charge in [-0.25, -0.2) is 18.7 Å². The fraction of sp³-hybridized carbons (Fsp3) is 0.381. The van der Waals surface area contributed by atoms with Crippen LogP contribution in [0.5, 0.6) is 0 Å². The highest BCUT2D eigenvalue weighted by atomic mass is 19.1. The zero-order valence-electron chi connectivity index (χ0n) is 17.9. The fourth-order valence-electron chi connectivity index (χ4n) is 3.65. The maximum atomic E-state index is 15.2. The van der Waals surface area contributed by atoms with Gasteiger partial charge in [0.2, 0.25) is 18.4 Å². The Morgan fingerprint density at radius 2 is 1.97 bits per heavy atom. The van der Waals surface area contributed by atoms with Crippen LogP contribution in [0.2, 0.25) is 0 Å². The third kappa shape index (κ3) is 4.29. The number of anilines is 1. The highest BCUT2D eigenvalue weighted by molar-refractivity contribution is 5.72. The average molecular weight is 459 g/mol. The Morgan fingerprint density at radius 3 is 2.64 bits per heavy atom. The largest absolute Gasteiger partial charge is 0.454 e. The van der Waals surface area contributed by atoms with E-state index in [0.717, 1.165) is 17.1 Å². The summed E-state index contributed by atoms with van der Waals surface area (Å²) in [5.41, 5.74) is 6.31. The zero-order valence-corrected chi connectivity index (χ0v) is 17.9. The Balaban J connectivity index is 1.83. The summed E-state index contributed by atoms with van der Waals surface area (Å²) in [6, 6.07) is 9.16. The van der Waals surface area contributed by atoms with Crippen LogP contribution in [0, 0.1) is 0 Å². The molecule has 3 aromatic rings. The summed E-state index contributed by atoms with van der Waals surface area (Å²) in [6.45, 7) is 2.79. The molecule has 0 aliphatic carbocycles. The average Bonchev–Trinajstić information content (AvgIpc) is 3.22. The van der Waals surface area contributed by atoms with Crippen LogP contribution in [0.15, 0.2) is 41.3 Å². The zero-order chi connectivity index (χ0) is 23.7. The number of nitrogens with two attached hydrogens (primary N) is 1. The first-order chi connectivity index (χ1) is 15.8. The van der Waals surface area contributed by atoms with E-state index in [1.165, 1.54) is 17.7 Å². The molecule has 33 heavy (non-hydrogen) atoms. The van der Waals surface area contributed by atoms with Gasteiger partial charge in [0.25, 0.3) is 0 Å². The lowest BCUT2D eigenvalue weighted by Crippen LogP contribution is -2.37. The fourth-order valence-corrected chi connectivity index (χ4v) is 3.65. The smallest absolute Gasteiger partial charge is 0.332 e. The molecule has 0 amide bonds. The van der Waals surface area contributed by atoms with Gasteiger partial charge in [-0.15, -0.1) is 0 Å². The molecule has 0 saturated carbocycles. The van der Waals surface area contributed by atoms with Gasteiger partial charge < -0.3 is 19.9 Å². The van der Waals surface area contributed by atoms with E-state index in [0.29, 0.717) is 5.52 Å². The number of alkyl halides is 1. The minimum Gasteiger partial charge on any atom is -0.454 e. The van der Waals surface area contributed by atoms with Crippen molar-refractivity contribution in [2.75, 3.05) is 5.73 Å². The van der Waals surface area contributed by atoms with E-state index in [1.54, 1.807) is 0 Å². The first-order valence-electron chi connectivity index (χ1n) is 10.2. The molecule has 4 rings (SSSR count). The van der Waals surface area contributed by atoms with Gasteiger partial charge in [0.05, 0.1) is 12.7 Å². The Morgan fingerprint density at radius 1 is 1.24 bits per heavy atom. The lowest BCUT2D eigenvalue weighted by atomic mass is 10.2. The van der Waals surface area contributed by atoms with Gasteiger partial charge in [-0.1, -0.05) is 37.3 Å². The first-order valence-corrected chi connectivity index (χ1v) is 10.2. The number of hydrogen-bond acceptors (Lipinski definition) is 9. The molecule has 1 aromatic carbocycles. The van der Waals surface area contributed by atoms with Gasteiger partial charge in [-0.3, -0.25) is 14.2 Å². The van der Waals surface area contributed by atoms with Crippen LogP contribution in [-0.2, 0) is 30.3 Å². The van der Waals surface area contributed by atoms with E-state index in [9.17, 15) is 14.4 Å². The van der Waals surface area contributed by atoms with E-state index in [4.69, 9.17) is 19.9 Å². The number of aromatic nitrogens is 4. The highest BCUT2D eigenvalue weighted by Crippen LogP contribution is 2.35. The number of ether oxygens (including phenoxy) is 3. The Bertz CT molecular complexity index is 1240. The summed E-state index contributed by atoms with van der Waals surface area (Å²) in [5.74, 6) is -1.63. The summed E-state index contributed by atoms with van der Waals surface area (Å²) in [5, 5.41) is 0. The lowest BCUT2D eigenvalue weighted by Gasteiger charge is -2.19. The molecule has 0 radical (unpaired) electrons. The molecule has 1 saturated heterocycles. The lowest BCUT2D eigenvalue weighted by molar-refractivity contribution is -0.188. The van der Waals surface area contributed by atoms with Crippen LogP contribution in [0.25, 0.3) is 11.2 Å². The predicted octanol–water partition coefficient (Wildman–Crippen LogP) is 1.30. The molecule has 1 aliphatic heterocycles. The van der Waals surface area contributed by atoms with Gasteiger partial charge in [0, 0.05) is 13.3 Å². The maximum Gasteiger partial charge on any atom is 0.332 e. The molecule has 1 aliphatic rings. The molecule has 0 bridgehead atoms. The van der Waals surface area contributed by atoms with Gasteiger partial charge in [-0.2, -0.15) is 4.98 Å². The van der Waals surface area contributed by atoms with Crippen LogP contribution < -0.4 is 11.4 Å². The second kappa shape index (κ2) is 8.98. The van der Waals surface area contributed by atoms with Crippen molar-refractivity contribution in [1.82, 2.24) is 19.1 Å². The number of benzene rings is 1. The van der Waals surface area contributed by atoms with E-state index in [-0.39, 0.29) is 24.6 Å². The molecule has 174 valence electrons.